The van der Waals surface area contributed by atoms with Crippen molar-refractivity contribution in [3.05, 3.63) is 59.4 Å². The Kier molecular flexibility index (Phi) is 2.98. The van der Waals surface area contributed by atoms with Crippen LogP contribution < -0.4 is 5.32 Å². The van der Waals surface area contributed by atoms with Crippen LogP contribution in [0.1, 0.15) is 42.5 Å². The van der Waals surface area contributed by atoms with Gasteiger partial charge in [-0.3, -0.25) is 4.90 Å². The summed E-state index contributed by atoms with van der Waals surface area (Å²) in [5, 5.41) is 3.33. The number of rotatable bonds is 1. The van der Waals surface area contributed by atoms with E-state index < -0.39 is 0 Å². The largest absolute Gasteiger partial charge is 0.362 e. The molecule has 2 heteroatoms. The van der Waals surface area contributed by atoms with Gasteiger partial charge in [0, 0.05) is 24.0 Å². The topological polar surface area (TPSA) is 15.3 Å². The van der Waals surface area contributed by atoms with Crippen molar-refractivity contribution < 1.29 is 0 Å². The van der Waals surface area contributed by atoms with E-state index in [9.17, 15) is 0 Å². The minimum absolute atomic E-state index is 0.424. The van der Waals surface area contributed by atoms with Gasteiger partial charge >= 0.3 is 0 Å². The average Bonchev–Trinajstić information content (AvgIpc) is 2.66. The Balaban J connectivity index is 1.85. The molecule has 0 spiro atoms. The fraction of sp³-hybridized carbons (Fsp3) is 0.412. The molecular formula is C17H22N2. The van der Waals surface area contributed by atoms with Crippen LogP contribution in [0.4, 0.5) is 0 Å². The number of nitrogens with one attached hydrogen (secondary N) is 1. The first-order chi connectivity index (χ1) is 9.06. The molecule has 1 aromatic rings. The third-order valence-corrected chi connectivity index (χ3v) is 4.46. The van der Waals surface area contributed by atoms with E-state index in [-0.39, 0.29) is 0 Å². The van der Waals surface area contributed by atoms with Gasteiger partial charge in [0.1, 0.15) is 0 Å². The second kappa shape index (κ2) is 4.53. The van der Waals surface area contributed by atoms with Gasteiger partial charge in [-0.25, -0.2) is 0 Å². The van der Waals surface area contributed by atoms with Crippen molar-refractivity contribution in [3.63, 3.8) is 0 Å². The first-order valence-electron chi connectivity index (χ1n) is 7.05. The number of aryl methyl sites for hydroxylation is 1. The van der Waals surface area contributed by atoms with Crippen LogP contribution in [0.15, 0.2) is 42.8 Å². The zero-order valence-electron chi connectivity index (χ0n) is 11.9. The summed E-state index contributed by atoms with van der Waals surface area (Å²) in [6.45, 7) is 13.7. The molecule has 2 nitrogen and oxygen atoms in total. The summed E-state index contributed by atoms with van der Waals surface area (Å²) >= 11 is 0. The summed E-state index contributed by atoms with van der Waals surface area (Å²) in [5.74, 6) is 0. The molecule has 1 saturated heterocycles. The number of hydrogen-bond donors (Lipinski definition) is 1. The summed E-state index contributed by atoms with van der Waals surface area (Å²) in [5.41, 5.74) is 6.50. The second-order valence-electron chi connectivity index (χ2n) is 5.86. The zero-order valence-corrected chi connectivity index (χ0v) is 11.9. The number of benzene rings is 1. The van der Waals surface area contributed by atoms with Gasteiger partial charge in [-0.2, -0.15) is 0 Å². The third kappa shape index (κ3) is 2.10. The number of fused-ring (bicyclic) bond motifs is 1. The minimum Gasteiger partial charge on any atom is -0.362 e. The molecule has 19 heavy (non-hydrogen) atoms. The van der Waals surface area contributed by atoms with E-state index in [0.29, 0.717) is 12.1 Å². The lowest BCUT2D eigenvalue weighted by molar-refractivity contribution is 0.160. The maximum Gasteiger partial charge on any atom is 0.0505 e. The quantitative estimate of drug-likeness (QED) is 0.823. The van der Waals surface area contributed by atoms with Crippen LogP contribution in [0.5, 0.6) is 0 Å². The van der Waals surface area contributed by atoms with Crippen molar-refractivity contribution >= 4 is 0 Å². The highest BCUT2D eigenvalue weighted by molar-refractivity contribution is 5.38. The summed E-state index contributed by atoms with van der Waals surface area (Å²) in [4.78, 5) is 2.56. The fourth-order valence-corrected chi connectivity index (χ4v) is 3.40. The van der Waals surface area contributed by atoms with Gasteiger partial charge < -0.3 is 5.32 Å². The summed E-state index contributed by atoms with van der Waals surface area (Å²) in [6, 6.07) is 7.73. The van der Waals surface area contributed by atoms with Crippen molar-refractivity contribution in [2.24, 2.45) is 0 Å². The third-order valence-electron chi connectivity index (χ3n) is 4.46. The Morgan fingerprint density at radius 3 is 2.84 bits per heavy atom. The molecule has 0 saturated carbocycles. The van der Waals surface area contributed by atoms with E-state index >= 15 is 0 Å². The zero-order chi connectivity index (χ0) is 13.6. The molecular weight excluding hydrogens is 232 g/mol. The lowest BCUT2D eigenvalue weighted by Gasteiger charge is -2.37. The van der Waals surface area contributed by atoms with E-state index in [0.717, 1.165) is 30.8 Å². The molecule has 2 aliphatic rings. The van der Waals surface area contributed by atoms with Crippen LogP contribution in [-0.4, -0.2) is 10.9 Å². The van der Waals surface area contributed by atoms with Gasteiger partial charge in [0.25, 0.3) is 0 Å². The number of piperidine rings is 1. The van der Waals surface area contributed by atoms with Gasteiger partial charge in [-0.15, -0.1) is 0 Å². The Bertz CT molecular complexity index is 544. The van der Waals surface area contributed by atoms with E-state index in [1.807, 2.05) is 0 Å². The van der Waals surface area contributed by atoms with Crippen LogP contribution in [0.25, 0.3) is 0 Å². The lowest BCUT2D eigenvalue weighted by atomic mass is 9.99. The Hall–Kier alpha value is -1.54. The first-order valence-corrected chi connectivity index (χ1v) is 7.05. The van der Waals surface area contributed by atoms with Gasteiger partial charge in [0.05, 0.1) is 6.04 Å². The van der Waals surface area contributed by atoms with Gasteiger partial charge in [-0.05, 0) is 37.8 Å². The van der Waals surface area contributed by atoms with Crippen LogP contribution in [0, 0.1) is 6.92 Å². The molecule has 0 aromatic heterocycles. The molecule has 100 valence electrons. The van der Waals surface area contributed by atoms with Crippen molar-refractivity contribution in [1.82, 2.24) is 10.2 Å². The Morgan fingerprint density at radius 2 is 2.11 bits per heavy atom. The van der Waals surface area contributed by atoms with Crippen LogP contribution >= 0.6 is 0 Å². The molecule has 1 aromatic carbocycles. The first kappa shape index (κ1) is 12.5. The maximum atomic E-state index is 4.19. The van der Waals surface area contributed by atoms with Crippen molar-refractivity contribution in [3.8, 4) is 0 Å². The molecule has 2 heterocycles. The highest BCUT2D eigenvalue weighted by atomic mass is 15.2. The fourth-order valence-electron chi connectivity index (χ4n) is 3.40. The molecule has 2 aliphatic heterocycles. The number of nitrogens with zero attached hydrogens (tertiary/aromatic N) is 1. The second-order valence-corrected chi connectivity index (χ2v) is 5.86. The average molecular weight is 254 g/mol. The summed E-state index contributed by atoms with van der Waals surface area (Å²) in [6.07, 6.45) is 2.17. The molecule has 0 radical (unpaired) electrons. The van der Waals surface area contributed by atoms with Crippen molar-refractivity contribution in [1.29, 1.82) is 0 Å². The predicted molar refractivity (Wildman–Crippen MR) is 79.6 cm³/mol. The number of allylic oxidation sites excluding steroid dienone is 1. The molecule has 2 atom stereocenters. The molecule has 0 bridgehead atoms. The van der Waals surface area contributed by atoms with Crippen molar-refractivity contribution in [2.45, 2.75) is 45.3 Å². The molecule has 2 unspecified atom stereocenters. The van der Waals surface area contributed by atoms with Gasteiger partial charge in [-0.1, -0.05) is 36.9 Å². The summed E-state index contributed by atoms with van der Waals surface area (Å²) < 4.78 is 0. The molecule has 0 aliphatic carbocycles. The van der Waals surface area contributed by atoms with Crippen LogP contribution in [0.2, 0.25) is 0 Å². The predicted octanol–water partition coefficient (Wildman–Crippen LogP) is 3.65. The monoisotopic (exact) mass is 254 g/mol. The summed E-state index contributed by atoms with van der Waals surface area (Å²) in [7, 11) is 0. The molecule has 3 rings (SSSR count). The molecule has 1 fully saturated rings. The Morgan fingerprint density at radius 1 is 1.32 bits per heavy atom. The van der Waals surface area contributed by atoms with Crippen LogP contribution in [0.3, 0.4) is 0 Å². The minimum atomic E-state index is 0.424. The smallest absolute Gasteiger partial charge is 0.0505 e. The normalized spacial score (nSPS) is 27.3. The van der Waals surface area contributed by atoms with E-state index in [1.165, 1.54) is 16.7 Å². The van der Waals surface area contributed by atoms with Gasteiger partial charge in [0.15, 0.2) is 0 Å². The standard InChI is InChI=1S/C17H22N2/c1-11-5-7-16-14(4)19(10-15(16)9-11)17-8-6-12(2)18-13(17)3/h5,7,9,14,17-18H,2-3,6,8,10H2,1,4H3. The molecule has 0 amide bonds. The number of hydrogen-bond acceptors (Lipinski definition) is 2. The van der Waals surface area contributed by atoms with Crippen molar-refractivity contribution in [2.75, 3.05) is 0 Å². The highest BCUT2D eigenvalue weighted by Crippen LogP contribution is 2.38. The maximum absolute atomic E-state index is 4.19. The van der Waals surface area contributed by atoms with E-state index in [1.54, 1.807) is 0 Å². The van der Waals surface area contributed by atoms with Crippen LogP contribution in [-0.2, 0) is 6.54 Å². The van der Waals surface area contributed by atoms with Gasteiger partial charge in [0.2, 0.25) is 0 Å². The Labute approximate surface area is 115 Å². The lowest BCUT2D eigenvalue weighted by Crippen LogP contribution is -2.41. The molecule has 1 N–H and O–H groups in total. The SMILES string of the molecule is C=C1CCC(N2Cc3cc(C)ccc3C2C)C(=C)N1. The highest BCUT2D eigenvalue weighted by Gasteiger charge is 2.34. The van der Waals surface area contributed by atoms with E-state index in [2.05, 4.69) is 55.4 Å². The van der Waals surface area contributed by atoms with E-state index in [4.69, 9.17) is 0 Å².